The lowest BCUT2D eigenvalue weighted by Crippen LogP contribution is -2.10. The van der Waals surface area contributed by atoms with Gasteiger partial charge in [-0.05, 0) is 25.1 Å². The first-order chi connectivity index (χ1) is 8.61. The molecule has 6 heteroatoms. The second-order valence-electron chi connectivity index (χ2n) is 3.79. The molecule has 0 bridgehead atoms. The topological polar surface area (TPSA) is 64.3 Å². The number of rotatable bonds is 5. The third-order valence-corrected chi connectivity index (χ3v) is 2.80. The summed E-state index contributed by atoms with van der Waals surface area (Å²) in [6, 6.07) is 5.48. The zero-order valence-electron chi connectivity index (χ0n) is 9.89. The van der Waals surface area contributed by atoms with Crippen LogP contribution >= 0.6 is 11.6 Å². The van der Waals surface area contributed by atoms with Crippen molar-refractivity contribution < 1.29 is 14.6 Å². The van der Waals surface area contributed by atoms with Crippen LogP contribution in [0.3, 0.4) is 0 Å². The van der Waals surface area contributed by atoms with Crippen molar-refractivity contribution >= 4 is 28.6 Å². The molecule has 1 heterocycles. The summed E-state index contributed by atoms with van der Waals surface area (Å²) >= 11 is 5.91. The summed E-state index contributed by atoms with van der Waals surface area (Å²) in [6.07, 6.45) is 0. The van der Waals surface area contributed by atoms with Crippen molar-refractivity contribution in [2.24, 2.45) is 0 Å². The van der Waals surface area contributed by atoms with Crippen LogP contribution in [0.2, 0.25) is 5.02 Å². The molecular formula is C12H13ClN2O3. The standard InChI is InChI=1S/C12H13ClN2O3/c1-2-15-10-4-3-8(13)5-9(10)14-11(15)6-18-7-12(16)17/h3-5H,2,6-7H2,1H3,(H,16,17). The predicted molar refractivity (Wildman–Crippen MR) is 67.7 cm³/mol. The Labute approximate surface area is 109 Å². The van der Waals surface area contributed by atoms with Gasteiger partial charge in [0, 0.05) is 11.6 Å². The maximum Gasteiger partial charge on any atom is 0.329 e. The van der Waals surface area contributed by atoms with Crippen LogP contribution in [-0.4, -0.2) is 27.2 Å². The number of carboxylic acid groups (broad SMARTS) is 1. The number of hydrogen-bond acceptors (Lipinski definition) is 3. The Hall–Kier alpha value is -1.59. The monoisotopic (exact) mass is 268 g/mol. The van der Waals surface area contributed by atoms with E-state index in [4.69, 9.17) is 21.4 Å². The fraction of sp³-hybridized carbons (Fsp3) is 0.333. The molecule has 0 aliphatic carbocycles. The molecule has 1 aromatic heterocycles. The van der Waals surface area contributed by atoms with Crippen molar-refractivity contribution in [2.45, 2.75) is 20.1 Å². The van der Waals surface area contributed by atoms with Crippen molar-refractivity contribution in [3.8, 4) is 0 Å². The average Bonchev–Trinajstić information content (AvgIpc) is 2.65. The van der Waals surface area contributed by atoms with Crippen LogP contribution in [0.1, 0.15) is 12.7 Å². The van der Waals surface area contributed by atoms with E-state index < -0.39 is 5.97 Å². The van der Waals surface area contributed by atoms with Crippen LogP contribution in [0.4, 0.5) is 0 Å². The van der Waals surface area contributed by atoms with Gasteiger partial charge in [-0.2, -0.15) is 0 Å². The minimum absolute atomic E-state index is 0.173. The number of aromatic nitrogens is 2. The molecule has 96 valence electrons. The predicted octanol–water partition coefficient (Wildman–Crippen LogP) is 2.31. The van der Waals surface area contributed by atoms with Gasteiger partial charge in [0.15, 0.2) is 0 Å². The van der Waals surface area contributed by atoms with Crippen LogP contribution in [-0.2, 0) is 22.7 Å². The van der Waals surface area contributed by atoms with Crippen LogP contribution in [0.25, 0.3) is 11.0 Å². The Morgan fingerprint density at radius 2 is 2.33 bits per heavy atom. The van der Waals surface area contributed by atoms with E-state index >= 15 is 0 Å². The third kappa shape index (κ3) is 2.63. The summed E-state index contributed by atoms with van der Waals surface area (Å²) < 4.78 is 7.05. The first-order valence-corrected chi connectivity index (χ1v) is 5.93. The Morgan fingerprint density at radius 3 is 3.00 bits per heavy atom. The zero-order chi connectivity index (χ0) is 13.1. The molecular weight excluding hydrogens is 256 g/mol. The smallest absolute Gasteiger partial charge is 0.329 e. The molecule has 0 aliphatic heterocycles. The number of imidazole rings is 1. The van der Waals surface area contributed by atoms with Gasteiger partial charge in [0.25, 0.3) is 0 Å². The van der Waals surface area contributed by atoms with E-state index in [0.717, 1.165) is 17.6 Å². The highest BCUT2D eigenvalue weighted by atomic mass is 35.5. The normalized spacial score (nSPS) is 11.0. The van der Waals surface area contributed by atoms with E-state index in [0.29, 0.717) is 10.8 Å². The van der Waals surface area contributed by atoms with Gasteiger partial charge in [-0.25, -0.2) is 9.78 Å². The number of fused-ring (bicyclic) bond motifs is 1. The van der Waals surface area contributed by atoms with Gasteiger partial charge >= 0.3 is 5.97 Å². The first kappa shape index (κ1) is 12.9. The van der Waals surface area contributed by atoms with Crippen LogP contribution < -0.4 is 0 Å². The minimum atomic E-state index is -0.989. The highest BCUT2D eigenvalue weighted by Gasteiger charge is 2.10. The van der Waals surface area contributed by atoms with Crippen molar-refractivity contribution in [3.63, 3.8) is 0 Å². The maximum absolute atomic E-state index is 10.4. The number of ether oxygens (including phenoxy) is 1. The number of hydrogen-bond donors (Lipinski definition) is 1. The summed E-state index contributed by atoms with van der Waals surface area (Å²) in [5, 5.41) is 9.15. The lowest BCUT2D eigenvalue weighted by Gasteiger charge is -2.05. The maximum atomic E-state index is 10.4. The SMILES string of the molecule is CCn1c(COCC(=O)O)nc2cc(Cl)ccc21. The van der Waals surface area contributed by atoms with Crippen molar-refractivity contribution in [2.75, 3.05) is 6.61 Å². The third-order valence-electron chi connectivity index (χ3n) is 2.56. The highest BCUT2D eigenvalue weighted by Crippen LogP contribution is 2.20. The molecule has 0 spiro atoms. The van der Waals surface area contributed by atoms with E-state index in [-0.39, 0.29) is 13.2 Å². The van der Waals surface area contributed by atoms with Gasteiger partial charge in [0.2, 0.25) is 0 Å². The molecule has 0 aliphatic rings. The fourth-order valence-electron chi connectivity index (χ4n) is 1.85. The second kappa shape index (κ2) is 5.37. The minimum Gasteiger partial charge on any atom is -0.480 e. The summed E-state index contributed by atoms with van der Waals surface area (Å²) in [5.41, 5.74) is 1.76. The number of carboxylic acids is 1. The Balaban J connectivity index is 2.29. The molecule has 0 saturated carbocycles. The number of aliphatic carboxylic acids is 1. The average molecular weight is 269 g/mol. The molecule has 0 atom stereocenters. The highest BCUT2D eigenvalue weighted by molar-refractivity contribution is 6.31. The molecule has 1 aromatic carbocycles. The van der Waals surface area contributed by atoms with Gasteiger partial charge in [0.05, 0.1) is 11.0 Å². The van der Waals surface area contributed by atoms with Gasteiger partial charge in [0.1, 0.15) is 19.0 Å². The Bertz CT molecular complexity index is 580. The van der Waals surface area contributed by atoms with Gasteiger partial charge in [-0.1, -0.05) is 11.6 Å². The quantitative estimate of drug-likeness (QED) is 0.904. The van der Waals surface area contributed by atoms with E-state index in [1.165, 1.54) is 0 Å². The lowest BCUT2D eigenvalue weighted by atomic mass is 10.3. The van der Waals surface area contributed by atoms with E-state index in [1.807, 2.05) is 17.6 Å². The molecule has 5 nitrogen and oxygen atoms in total. The second-order valence-corrected chi connectivity index (χ2v) is 4.23. The summed E-state index contributed by atoms with van der Waals surface area (Å²) in [5.74, 6) is -0.284. The number of carbonyl (C=O) groups is 1. The molecule has 0 fully saturated rings. The molecule has 0 amide bonds. The number of halogens is 1. The van der Waals surface area contributed by atoms with E-state index in [1.54, 1.807) is 12.1 Å². The fourth-order valence-corrected chi connectivity index (χ4v) is 2.01. The van der Waals surface area contributed by atoms with Crippen LogP contribution in [0.15, 0.2) is 18.2 Å². The molecule has 1 N–H and O–H groups in total. The largest absolute Gasteiger partial charge is 0.480 e. The van der Waals surface area contributed by atoms with Gasteiger partial charge < -0.3 is 14.4 Å². The van der Waals surface area contributed by atoms with Crippen molar-refractivity contribution in [1.82, 2.24) is 9.55 Å². The zero-order valence-corrected chi connectivity index (χ0v) is 10.6. The van der Waals surface area contributed by atoms with Gasteiger partial charge in [-0.15, -0.1) is 0 Å². The molecule has 0 unspecified atom stereocenters. The van der Waals surface area contributed by atoms with E-state index in [2.05, 4.69) is 4.98 Å². The summed E-state index contributed by atoms with van der Waals surface area (Å²) in [4.78, 5) is 14.8. The first-order valence-electron chi connectivity index (χ1n) is 5.56. The Morgan fingerprint density at radius 1 is 1.56 bits per heavy atom. The Kier molecular flexibility index (Phi) is 3.84. The molecule has 18 heavy (non-hydrogen) atoms. The summed E-state index contributed by atoms with van der Waals surface area (Å²) in [6.45, 7) is 2.58. The summed E-state index contributed by atoms with van der Waals surface area (Å²) in [7, 11) is 0. The number of benzene rings is 1. The molecule has 2 aromatic rings. The van der Waals surface area contributed by atoms with Crippen LogP contribution in [0, 0.1) is 0 Å². The van der Waals surface area contributed by atoms with Crippen molar-refractivity contribution in [3.05, 3.63) is 29.0 Å². The number of aryl methyl sites for hydroxylation is 1. The van der Waals surface area contributed by atoms with Gasteiger partial charge in [-0.3, -0.25) is 0 Å². The molecule has 0 saturated heterocycles. The lowest BCUT2D eigenvalue weighted by molar-refractivity contribution is -0.142. The number of nitrogens with zero attached hydrogens (tertiary/aromatic N) is 2. The van der Waals surface area contributed by atoms with E-state index in [9.17, 15) is 4.79 Å². The van der Waals surface area contributed by atoms with Crippen LogP contribution in [0.5, 0.6) is 0 Å². The molecule has 0 radical (unpaired) electrons. The van der Waals surface area contributed by atoms with Crippen molar-refractivity contribution in [1.29, 1.82) is 0 Å². The molecule has 2 rings (SSSR count).